The van der Waals surface area contributed by atoms with Crippen LogP contribution in [0, 0.1) is 0 Å². The van der Waals surface area contributed by atoms with Crippen molar-refractivity contribution in [2.45, 2.75) is 0 Å². The molecule has 0 saturated heterocycles. The molecule has 4 heteroatoms. The molecular weight excluding hydrogens is 252 g/mol. The number of carbonyl (C=O) groups is 1. The Morgan fingerprint density at radius 1 is 1.10 bits per heavy atom. The number of carboxylic acid groups (broad SMARTS) is 1. The van der Waals surface area contributed by atoms with Crippen molar-refractivity contribution < 1.29 is 9.90 Å². The summed E-state index contributed by atoms with van der Waals surface area (Å²) in [5.74, 6) is -0.968. The normalized spacial score (nSPS) is 11.7. The van der Waals surface area contributed by atoms with Crippen molar-refractivity contribution in [2.24, 2.45) is 0 Å². The van der Waals surface area contributed by atoms with Crippen molar-refractivity contribution in [3.05, 3.63) is 71.9 Å². The first-order valence-electron chi connectivity index (χ1n) is 6.18. The van der Waals surface area contributed by atoms with Crippen LogP contribution in [0.3, 0.4) is 0 Å². The van der Waals surface area contributed by atoms with E-state index >= 15 is 0 Å². The molecule has 4 nitrogen and oxygen atoms in total. The number of hydrogen-bond donors (Lipinski definition) is 2. The molecule has 3 aromatic rings. The number of H-pyrrole nitrogens is 1. The summed E-state index contributed by atoms with van der Waals surface area (Å²) in [5, 5.41) is 16.9. The summed E-state index contributed by atoms with van der Waals surface area (Å²) in [6.45, 7) is 0. The van der Waals surface area contributed by atoms with E-state index in [9.17, 15) is 4.79 Å². The minimum absolute atomic E-state index is 0.671. The Bertz CT molecular complexity index is 788. The third-order valence-electron chi connectivity index (χ3n) is 3.13. The molecule has 0 saturated carbocycles. The number of nitrogens with zero attached hydrogens (tertiary/aromatic N) is 1. The second-order valence-electron chi connectivity index (χ2n) is 4.40. The standard InChI is InChI=1S/C16H12N2O2/c19-16(20)9-13(11-5-2-1-3-6-11)12-7-4-8-15-14(12)10-17-18-15/h1-10H,(H,17,18)(H,19,20). The maximum absolute atomic E-state index is 11.1. The SMILES string of the molecule is O=C(O)C=C(c1ccccc1)c1cccc2[nH]ncc12. The van der Waals surface area contributed by atoms with Gasteiger partial charge in [-0.1, -0.05) is 42.5 Å². The predicted octanol–water partition coefficient (Wildman–Crippen LogP) is 3.08. The highest BCUT2D eigenvalue weighted by Gasteiger charge is 2.11. The van der Waals surface area contributed by atoms with E-state index in [1.807, 2.05) is 48.5 Å². The third-order valence-corrected chi connectivity index (χ3v) is 3.13. The number of aliphatic carboxylic acids is 1. The number of aromatic amines is 1. The zero-order chi connectivity index (χ0) is 13.9. The van der Waals surface area contributed by atoms with Gasteiger partial charge in [-0.3, -0.25) is 5.10 Å². The van der Waals surface area contributed by atoms with Gasteiger partial charge in [0.2, 0.25) is 0 Å². The predicted molar refractivity (Wildman–Crippen MR) is 77.3 cm³/mol. The first-order chi connectivity index (χ1) is 9.75. The number of nitrogens with one attached hydrogen (secondary N) is 1. The summed E-state index contributed by atoms with van der Waals surface area (Å²) in [6.07, 6.45) is 2.94. The van der Waals surface area contributed by atoms with Gasteiger partial charge in [0.25, 0.3) is 0 Å². The number of aromatic nitrogens is 2. The van der Waals surface area contributed by atoms with Crippen LogP contribution in [0.5, 0.6) is 0 Å². The first kappa shape index (κ1) is 12.2. The zero-order valence-electron chi connectivity index (χ0n) is 10.6. The fraction of sp³-hybridized carbons (Fsp3) is 0. The van der Waals surface area contributed by atoms with E-state index in [-0.39, 0.29) is 0 Å². The van der Waals surface area contributed by atoms with Crippen LogP contribution in [0.15, 0.2) is 60.8 Å². The van der Waals surface area contributed by atoms with Crippen molar-refractivity contribution in [3.8, 4) is 0 Å². The Morgan fingerprint density at radius 2 is 1.90 bits per heavy atom. The van der Waals surface area contributed by atoms with Gasteiger partial charge in [-0.05, 0) is 22.8 Å². The second-order valence-corrected chi connectivity index (χ2v) is 4.40. The van der Waals surface area contributed by atoms with E-state index in [4.69, 9.17) is 5.11 Å². The number of fused-ring (bicyclic) bond motifs is 1. The van der Waals surface area contributed by atoms with E-state index in [2.05, 4.69) is 10.2 Å². The molecule has 0 atom stereocenters. The number of benzene rings is 2. The highest BCUT2D eigenvalue weighted by molar-refractivity contribution is 6.02. The van der Waals surface area contributed by atoms with Gasteiger partial charge in [0.1, 0.15) is 0 Å². The van der Waals surface area contributed by atoms with Crippen LogP contribution >= 0.6 is 0 Å². The van der Waals surface area contributed by atoms with Crippen molar-refractivity contribution >= 4 is 22.4 Å². The van der Waals surface area contributed by atoms with Crippen LogP contribution in [0.25, 0.3) is 16.5 Å². The molecule has 0 aliphatic heterocycles. The lowest BCUT2D eigenvalue weighted by Gasteiger charge is -2.08. The fourth-order valence-electron chi connectivity index (χ4n) is 2.26. The zero-order valence-corrected chi connectivity index (χ0v) is 10.6. The van der Waals surface area contributed by atoms with Crippen LogP contribution in [0.2, 0.25) is 0 Å². The topological polar surface area (TPSA) is 66.0 Å². The molecule has 1 heterocycles. The summed E-state index contributed by atoms with van der Waals surface area (Å²) in [7, 11) is 0. The van der Waals surface area contributed by atoms with Gasteiger partial charge in [-0.2, -0.15) is 5.10 Å². The Morgan fingerprint density at radius 3 is 2.65 bits per heavy atom. The molecule has 0 aliphatic carbocycles. The van der Waals surface area contributed by atoms with Gasteiger partial charge >= 0.3 is 5.97 Å². The Kier molecular flexibility index (Phi) is 3.05. The molecule has 2 aromatic carbocycles. The van der Waals surface area contributed by atoms with Gasteiger partial charge in [-0.15, -0.1) is 0 Å². The van der Waals surface area contributed by atoms with Crippen LogP contribution in [-0.2, 0) is 4.79 Å². The monoisotopic (exact) mass is 264 g/mol. The molecule has 0 bridgehead atoms. The van der Waals surface area contributed by atoms with Gasteiger partial charge in [0.05, 0.1) is 11.7 Å². The number of rotatable bonds is 3. The van der Waals surface area contributed by atoms with Crippen molar-refractivity contribution in [3.63, 3.8) is 0 Å². The van der Waals surface area contributed by atoms with Crippen LogP contribution in [-0.4, -0.2) is 21.3 Å². The largest absolute Gasteiger partial charge is 0.478 e. The van der Waals surface area contributed by atoms with Crippen molar-refractivity contribution in [1.29, 1.82) is 0 Å². The average molecular weight is 264 g/mol. The van der Waals surface area contributed by atoms with E-state index < -0.39 is 5.97 Å². The molecule has 3 rings (SSSR count). The van der Waals surface area contributed by atoms with Gasteiger partial charge < -0.3 is 5.11 Å². The minimum Gasteiger partial charge on any atom is -0.478 e. The highest BCUT2D eigenvalue weighted by atomic mass is 16.4. The molecule has 1 aromatic heterocycles. The molecule has 0 spiro atoms. The summed E-state index contributed by atoms with van der Waals surface area (Å²) >= 11 is 0. The summed E-state index contributed by atoms with van der Waals surface area (Å²) in [5.41, 5.74) is 3.27. The molecule has 0 radical (unpaired) electrons. The molecule has 0 amide bonds. The summed E-state index contributed by atoms with van der Waals surface area (Å²) in [4.78, 5) is 11.1. The Balaban J connectivity index is 2.25. The molecule has 98 valence electrons. The number of carboxylic acids is 1. The van der Waals surface area contributed by atoms with Crippen LogP contribution in [0.1, 0.15) is 11.1 Å². The maximum atomic E-state index is 11.1. The first-order valence-corrected chi connectivity index (χ1v) is 6.18. The van der Waals surface area contributed by atoms with Crippen molar-refractivity contribution in [2.75, 3.05) is 0 Å². The molecule has 0 unspecified atom stereocenters. The highest BCUT2D eigenvalue weighted by Crippen LogP contribution is 2.28. The Hall–Kier alpha value is -2.88. The van der Waals surface area contributed by atoms with Gasteiger partial charge in [0.15, 0.2) is 0 Å². The molecular formula is C16H12N2O2. The maximum Gasteiger partial charge on any atom is 0.328 e. The van der Waals surface area contributed by atoms with E-state index in [0.717, 1.165) is 22.0 Å². The van der Waals surface area contributed by atoms with Crippen molar-refractivity contribution in [1.82, 2.24) is 10.2 Å². The van der Waals surface area contributed by atoms with E-state index in [0.29, 0.717) is 5.57 Å². The lowest BCUT2D eigenvalue weighted by Crippen LogP contribution is -1.95. The summed E-state index contributed by atoms with van der Waals surface area (Å²) in [6, 6.07) is 15.2. The van der Waals surface area contributed by atoms with Crippen LogP contribution < -0.4 is 0 Å². The fourth-order valence-corrected chi connectivity index (χ4v) is 2.26. The Labute approximate surface area is 115 Å². The molecule has 0 fully saturated rings. The van der Waals surface area contributed by atoms with Gasteiger partial charge in [-0.25, -0.2) is 4.79 Å². The smallest absolute Gasteiger partial charge is 0.328 e. The summed E-state index contributed by atoms with van der Waals surface area (Å²) < 4.78 is 0. The average Bonchev–Trinajstić information content (AvgIpc) is 2.94. The molecule has 2 N–H and O–H groups in total. The van der Waals surface area contributed by atoms with Gasteiger partial charge in [0, 0.05) is 11.5 Å². The third kappa shape index (κ3) is 2.19. The lowest BCUT2D eigenvalue weighted by atomic mass is 9.95. The van der Waals surface area contributed by atoms with E-state index in [1.165, 1.54) is 6.08 Å². The second kappa shape index (κ2) is 5.01. The van der Waals surface area contributed by atoms with E-state index in [1.54, 1.807) is 6.20 Å². The number of hydrogen-bond acceptors (Lipinski definition) is 2. The lowest BCUT2D eigenvalue weighted by molar-refractivity contribution is -0.131. The quantitative estimate of drug-likeness (QED) is 0.714. The molecule has 20 heavy (non-hydrogen) atoms. The molecule has 0 aliphatic rings. The van der Waals surface area contributed by atoms with Crippen LogP contribution in [0.4, 0.5) is 0 Å². The minimum atomic E-state index is -0.968.